The number of alkyl halides is 3. The van der Waals surface area contributed by atoms with E-state index in [2.05, 4.69) is 15.4 Å². The van der Waals surface area contributed by atoms with Gasteiger partial charge in [-0.3, -0.25) is 14.4 Å². The zero-order chi connectivity index (χ0) is 29.2. The number of benzene rings is 3. The Balaban J connectivity index is 1.89. The number of carbonyl (C=O) groups is 4. The van der Waals surface area contributed by atoms with Gasteiger partial charge in [-0.15, -0.1) is 11.8 Å². The maximum atomic E-state index is 14.2. The van der Waals surface area contributed by atoms with Crippen LogP contribution in [0.25, 0.3) is 10.8 Å². The topological polar surface area (TPSA) is 131 Å². The number of thioether (sulfide) groups is 1. The zero-order valence-corrected chi connectivity index (χ0v) is 22.2. The quantitative estimate of drug-likeness (QED) is 0.225. The van der Waals surface area contributed by atoms with Gasteiger partial charge in [0.2, 0.25) is 11.4 Å². The number of primary amides is 1. The van der Waals surface area contributed by atoms with Crippen molar-refractivity contribution in [1.82, 2.24) is 10.6 Å². The molecule has 0 unspecified atom stereocenters. The average molecular weight is 575 g/mol. The van der Waals surface area contributed by atoms with Gasteiger partial charge >= 0.3 is 12.1 Å². The van der Waals surface area contributed by atoms with Crippen LogP contribution in [-0.2, 0) is 25.7 Å². The van der Waals surface area contributed by atoms with Gasteiger partial charge in [-0.1, -0.05) is 48.5 Å². The number of carbonyl (C=O) groups excluding carboxylic acids is 4. The molecule has 3 amide bonds. The fraction of sp³-hybridized carbons (Fsp3) is 0.259. The van der Waals surface area contributed by atoms with E-state index in [1.807, 2.05) is 30.3 Å². The summed E-state index contributed by atoms with van der Waals surface area (Å²) in [4.78, 5) is 52.9. The van der Waals surface area contributed by atoms with Crippen molar-refractivity contribution in [1.29, 1.82) is 0 Å². The van der Waals surface area contributed by atoms with E-state index >= 15 is 0 Å². The number of hydrogen-bond donors (Lipinski definition) is 3. The summed E-state index contributed by atoms with van der Waals surface area (Å²) in [7, 11) is 1.51. The van der Waals surface area contributed by atoms with Gasteiger partial charge in [0, 0.05) is 5.75 Å². The molecule has 0 aliphatic carbocycles. The lowest BCUT2D eigenvalue weighted by molar-refractivity contribution is -0.189. The van der Waals surface area contributed by atoms with E-state index < -0.39 is 53.0 Å². The molecule has 1 heterocycles. The molecule has 4 N–H and O–H groups in total. The molecule has 0 bridgehead atoms. The lowest BCUT2D eigenvalue weighted by Crippen LogP contribution is -2.69. The molecule has 0 saturated heterocycles. The molecule has 1 aliphatic heterocycles. The normalized spacial score (nSPS) is 18.0. The predicted molar refractivity (Wildman–Crippen MR) is 143 cm³/mol. The van der Waals surface area contributed by atoms with Crippen LogP contribution >= 0.6 is 11.8 Å². The van der Waals surface area contributed by atoms with Gasteiger partial charge < -0.3 is 26.0 Å². The largest absolute Gasteiger partial charge is 0.491 e. The molecule has 0 radical (unpaired) electrons. The Morgan fingerprint density at radius 1 is 1.10 bits per heavy atom. The van der Waals surface area contributed by atoms with Crippen LogP contribution in [0.1, 0.15) is 12.5 Å². The number of amides is 3. The van der Waals surface area contributed by atoms with Crippen molar-refractivity contribution in [3.63, 3.8) is 0 Å². The number of halogens is 3. The van der Waals surface area contributed by atoms with Gasteiger partial charge in [0.05, 0.1) is 23.2 Å². The van der Waals surface area contributed by atoms with E-state index in [0.717, 1.165) is 33.5 Å². The smallest absolute Gasteiger partial charge is 0.419 e. The predicted octanol–water partition coefficient (Wildman–Crippen LogP) is 2.89. The van der Waals surface area contributed by atoms with Crippen molar-refractivity contribution in [3.05, 3.63) is 66.2 Å². The van der Waals surface area contributed by atoms with Crippen LogP contribution in [-0.4, -0.2) is 54.2 Å². The minimum atomic E-state index is -5.27. The number of nitrogens with two attached hydrogens (primary N) is 1. The van der Waals surface area contributed by atoms with Crippen LogP contribution in [0, 0.1) is 0 Å². The SMILES string of the molecule is CN[C@@H](C)C(=O)N[C@@]1(C(N)=O)CSc2c(OC(=O)C(F)(F)F)cccc2N(Cc2cccc3ccccc23)C1=O. The second-order valence-electron chi connectivity index (χ2n) is 9.08. The number of fused-ring (bicyclic) bond motifs is 2. The number of anilines is 1. The zero-order valence-electron chi connectivity index (χ0n) is 21.4. The second-order valence-corrected chi connectivity index (χ2v) is 10.1. The van der Waals surface area contributed by atoms with E-state index in [4.69, 9.17) is 5.73 Å². The second kappa shape index (κ2) is 11.2. The van der Waals surface area contributed by atoms with Crippen molar-refractivity contribution in [2.45, 2.75) is 36.1 Å². The van der Waals surface area contributed by atoms with Crippen LogP contribution in [0.2, 0.25) is 0 Å². The molecule has 2 atom stereocenters. The summed E-state index contributed by atoms with van der Waals surface area (Å²) in [6.07, 6.45) is -5.27. The Kier molecular flexibility index (Phi) is 8.08. The van der Waals surface area contributed by atoms with Gasteiger partial charge in [-0.05, 0) is 42.4 Å². The van der Waals surface area contributed by atoms with Crippen molar-refractivity contribution in [3.8, 4) is 5.75 Å². The highest BCUT2D eigenvalue weighted by atomic mass is 32.2. The molecule has 0 spiro atoms. The highest BCUT2D eigenvalue weighted by molar-refractivity contribution is 7.99. The summed E-state index contributed by atoms with van der Waals surface area (Å²) < 4.78 is 43.8. The summed E-state index contributed by atoms with van der Waals surface area (Å²) >= 11 is 0.764. The van der Waals surface area contributed by atoms with Gasteiger partial charge in [-0.25, -0.2) is 4.79 Å². The first kappa shape index (κ1) is 28.9. The minimum Gasteiger partial charge on any atom is -0.419 e. The molecule has 210 valence electrons. The average Bonchev–Trinajstić information content (AvgIpc) is 3.03. The van der Waals surface area contributed by atoms with Crippen LogP contribution in [0.3, 0.4) is 0 Å². The Labute approximate surface area is 231 Å². The van der Waals surface area contributed by atoms with Crippen molar-refractivity contribution in [2.24, 2.45) is 5.73 Å². The molecule has 3 aromatic carbocycles. The van der Waals surface area contributed by atoms with Crippen LogP contribution in [0.5, 0.6) is 5.75 Å². The fourth-order valence-corrected chi connectivity index (χ4v) is 5.49. The highest BCUT2D eigenvalue weighted by Crippen LogP contribution is 2.44. The van der Waals surface area contributed by atoms with Crippen molar-refractivity contribution >= 4 is 51.9 Å². The van der Waals surface area contributed by atoms with Crippen LogP contribution < -0.4 is 26.0 Å². The highest BCUT2D eigenvalue weighted by Gasteiger charge is 2.52. The molecule has 0 saturated carbocycles. The molecule has 9 nitrogen and oxygen atoms in total. The van der Waals surface area contributed by atoms with E-state index in [1.165, 1.54) is 26.1 Å². The van der Waals surface area contributed by atoms with E-state index in [9.17, 15) is 32.3 Å². The van der Waals surface area contributed by atoms with E-state index in [-0.39, 0.29) is 17.1 Å². The number of rotatable bonds is 7. The van der Waals surface area contributed by atoms with Gasteiger partial charge in [0.25, 0.3) is 11.8 Å². The number of nitrogens with one attached hydrogen (secondary N) is 2. The monoisotopic (exact) mass is 574 g/mol. The first-order valence-corrected chi connectivity index (χ1v) is 13.0. The third-order valence-electron chi connectivity index (χ3n) is 6.52. The first-order valence-electron chi connectivity index (χ1n) is 12.0. The Morgan fingerprint density at radius 3 is 2.45 bits per heavy atom. The Morgan fingerprint density at radius 2 is 1.77 bits per heavy atom. The summed E-state index contributed by atoms with van der Waals surface area (Å²) in [6.45, 7) is 1.37. The minimum absolute atomic E-state index is 0.00674. The molecule has 3 aromatic rings. The summed E-state index contributed by atoms with van der Waals surface area (Å²) in [5.74, 6) is -6.13. The third kappa shape index (κ3) is 5.47. The number of hydrogen-bond acceptors (Lipinski definition) is 7. The summed E-state index contributed by atoms with van der Waals surface area (Å²) in [5, 5.41) is 6.83. The molecule has 13 heteroatoms. The third-order valence-corrected chi connectivity index (χ3v) is 7.79. The standard InChI is InChI=1S/C27H25F3N4O5S/c1-15(32-2)22(35)33-26(23(31)36)14-40-21-19(11-6-12-20(21)39-25(38)27(28,29)30)34(24(26)37)13-17-9-5-8-16-7-3-4-10-18(16)17/h3-12,15,32H,13-14H2,1-2H3,(H2,31,36)(H,33,35)/t15-,26+/m0/s1. The maximum Gasteiger partial charge on any atom is 0.491 e. The molecule has 1 aliphatic rings. The molecule has 0 aromatic heterocycles. The first-order chi connectivity index (χ1) is 18.9. The van der Waals surface area contributed by atoms with E-state index in [1.54, 1.807) is 12.1 Å². The summed E-state index contributed by atoms with van der Waals surface area (Å²) in [6, 6.07) is 15.9. The van der Waals surface area contributed by atoms with Crippen molar-refractivity contribution < 1.29 is 37.1 Å². The molecule has 4 rings (SSSR count). The number of ether oxygens (including phenoxy) is 1. The van der Waals surface area contributed by atoms with Gasteiger partial charge in [-0.2, -0.15) is 13.2 Å². The number of likely N-dealkylation sites (N-methyl/N-ethyl adjacent to an activating group) is 1. The van der Waals surface area contributed by atoms with Crippen LogP contribution in [0.15, 0.2) is 65.6 Å². The Hall–Kier alpha value is -4.10. The lowest BCUT2D eigenvalue weighted by atomic mass is 9.96. The van der Waals surface area contributed by atoms with Gasteiger partial charge in [0.15, 0.2) is 0 Å². The molecular weight excluding hydrogens is 549 g/mol. The fourth-order valence-electron chi connectivity index (χ4n) is 4.22. The number of nitrogens with zero attached hydrogens (tertiary/aromatic N) is 1. The Bertz CT molecular complexity index is 1490. The van der Waals surface area contributed by atoms with E-state index in [0.29, 0.717) is 5.56 Å². The molecular formula is C27H25F3N4O5S. The maximum absolute atomic E-state index is 14.2. The van der Waals surface area contributed by atoms with Crippen molar-refractivity contribution in [2.75, 3.05) is 17.7 Å². The van der Waals surface area contributed by atoms with Crippen LogP contribution in [0.4, 0.5) is 18.9 Å². The van der Waals surface area contributed by atoms with Gasteiger partial charge in [0.1, 0.15) is 5.75 Å². The molecule has 0 fully saturated rings. The summed E-state index contributed by atoms with van der Waals surface area (Å²) in [5.41, 5.74) is 4.19. The lowest BCUT2D eigenvalue weighted by Gasteiger charge is -2.34. The number of esters is 1. The molecule has 40 heavy (non-hydrogen) atoms.